The fraction of sp³-hybridized carbons (Fsp3) is 0.273. The maximum absolute atomic E-state index is 4.37. The van der Waals surface area contributed by atoms with Crippen molar-refractivity contribution in [2.24, 2.45) is 0 Å². The lowest BCUT2D eigenvalue weighted by atomic mass is 10.1. The summed E-state index contributed by atoms with van der Waals surface area (Å²) in [5, 5.41) is 4.37. The lowest BCUT2D eigenvalue weighted by Gasteiger charge is -2.10. The Morgan fingerprint density at radius 3 is 2.87 bits per heavy atom. The highest BCUT2D eigenvalue weighted by Gasteiger charge is 2.26. The minimum atomic E-state index is 0.361. The zero-order valence-electron chi connectivity index (χ0n) is 8.10. The summed E-state index contributed by atoms with van der Waals surface area (Å²) >= 11 is 3.31. The van der Waals surface area contributed by atoms with E-state index in [0.717, 1.165) is 18.7 Å². The molecule has 1 aliphatic rings. The first-order valence-corrected chi connectivity index (χ1v) is 5.80. The van der Waals surface area contributed by atoms with E-state index in [2.05, 4.69) is 50.3 Å². The molecule has 3 rings (SSSR count). The minimum Gasteiger partial charge on any atom is -0.241 e. The van der Waals surface area contributed by atoms with Crippen molar-refractivity contribution >= 4 is 15.9 Å². The van der Waals surface area contributed by atoms with Crippen LogP contribution < -0.4 is 0 Å². The van der Waals surface area contributed by atoms with Crippen molar-refractivity contribution in [2.75, 3.05) is 0 Å². The number of nitrogens with zero attached hydrogens (tertiary/aromatic N) is 3. The maximum atomic E-state index is 4.37. The van der Waals surface area contributed by atoms with Crippen molar-refractivity contribution in [1.29, 1.82) is 0 Å². The maximum Gasteiger partial charge on any atom is 0.217 e. The Kier molecular flexibility index (Phi) is 2.09. The Balaban J connectivity index is 2.03. The third-order valence-corrected chi connectivity index (χ3v) is 3.13. The molecule has 1 aromatic carbocycles. The fourth-order valence-corrected chi connectivity index (χ4v) is 2.49. The summed E-state index contributed by atoms with van der Waals surface area (Å²) in [5.41, 5.74) is 1.31. The van der Waals surface area contributed by atoms with Gasteiger partial charge in [0.15, 0.2) is 0 Å². The van der Waals surface area contributed by atoms with Crippen LogP contribution in [0.25, 0.3) is 0 Å². The highest BCUT2D eigenvalue weighted by molar-refractivity contribution is 9.10. The van der Waals surface area contributed by atoms with Gasteiger partial charge in [-0.05, 0) is 27.9 Å². The van der Waals surface area contributed by atoms with E-state index >= 15 is 0 Å². The van der Waals surface area contributed by atoms with E-state index in [0.29, 0.717) is 10.8 Å². The largest absolute Gasteiger partial charge is 0.241 e. The number of aryl methyl sites for hydroxylation is 1. The van der Waals surface area contributed by atoms with Crippen LogP contribution in [0.1, 0.15) is 23.9 Å². The van der Waals surface area contributed by atoms with Crippen LogP contribution in [0.3, 0.4) is 0 Å². The standard InChI is InChI=1S/C11H10BrN3/c12-11-13-10-7-6-9(15(10)14-11)8-4-2-1-3-5-8/h1-5,9H,6-7H2. The second-order valence-electron chi connectivity index (χ2n) is 3.71. The molecule has 3 nitrogen and oxygen atoms in total. The van der Waals surface area contributed by atoms with E-state index in [1.165, 1.54) is 5.56 Å². The molecule has 0 aliphatic carbocycles. The molecule has 0 radical (unpaired) electrons. The number of hydrogen-bond acceptors (Lipinski definition) is 2. The van der Waals surface area contributed by atoms with Gasteiger partial charge < -0.3 is 0 Å². The summed E-state index contributed by atoms with van der Waals surface area (Å²) in [5.74, 6) is 1.08. The highest BCUT2D eigenvalue weighted by atomic mass is 79.9. The SMILES string of the molecule is Brc1nc2n(n1)C(c1ccccc1)CC2. The highest BCUT2D eigenvalue weighted by Crippen LogP contribution is 2.30. The Bertz CT molecular complexity index is 478. The summed E-state index contributed by atoms with van der Waals surface area (Å²) in [6.07, 6.45) is 2.12. The number of halogens is 1. The molecule has 0 amide bonds. The number of benzene rings is 1. The third-order valence-electron chi connectivity index (χ3n) is 2.80. The van der Waals surface area contributed by atoms with Crippen LogP contribution in [0.2, 0.25) is 0 Å². The second kappa shape index (κ2) is 3.45. The first kappa shape index (κ1) is 9.09. The molecule has 0 N–H and O–H groups in total. The Hall–Kier alpha value is -1.16. The van der Waals surface area contributed by atoms with Crippen LogP contribution in [0.4, 0.5) is 0 Å². The molecule has 1 unspecified atom stereocenters. The first-order valence-electron chi connectivity index (χ1n) is 5.00. The van der Waals surface area contributed by atoms with Gasteiger partial charge in [0, 0.05) is 6.42 Å². The van der Waals surface area contributed by atoms with Gasteiger partial charge in [0.2, 0.25) is 4.73 Å². The number of fused-ring (bicyclic) bond motifs is 1. The van der Waals surface area contributed by atoms with Crippen LogP contribution >= 0.6 is 15.9 Å². The van der Waals surface area contributed by atoms with Crippen molar-refractivity contribution in [3.63, 3.8) is 0 Å². The summed E-state index contributed by atoms with van der Waals surface area (Å²) < 4.78 is 2.72. The molecule has 4 heteroatoms. The van der Waals surface area contributed by atoms with Gasteiger partial charge in [0.05, 0.1) is 6.04 Å². The molecule has 76 valence electrons. The predicted molar refractivity (Wildman–Crippen MR) is 60.6 cm³/mol. The second-order valence-corrected chi connectivity index (χ2v) is 4.42. The Labute approximate surface area is 96.3 Å². The van der Waals surface area contributed by atoms with Crippen LogP contribution in [0.5, 0.6) is 0 Å². The molecule has 0 spiro atoms. The van der Waals surface area contributed by atoms with E-state index < -0.39 is 0 Å². The first-order chi connectivity index (χ1) is 7.34. The zero-order chi connectivity index (χ0) is 10.3. The molecular weight excluding hydrogens is 254 g/mol. The average Bonchev–Trinajstić information content (AvgIpc) is 2.77. The van der Waals surface area contributed by atoms with Gasteiger partial charge in [-0.15, -0.1) is 5.10 Å². The molecule has 0 saturated carbocycles. The molecule has 0 saturated heterocycles. The van der Waals surface area contributed by atoms with Gasteiger partial charge in [0.25, 0.3) is 0 Å². The molecule has 2 heterocycles. The van der Waals surface area contributed by atoms with Gasteiger partial charge in [0.1, 0.15) is 5.82 Å². The van der Waals surface area contributed by atoms with Crippen molar-refractivity contribution in [2.45, 2.75) is 18.9 Å². The molecule has 0 fully saturated rings. The minimum absolute atomic E-state index is 0.361. The van der Waals surface area contributed by atoms with E-state index in [1.807, 2.05) is 10.7 Å². The lowest BCUT2D eigenvalue weighted by molar-refractivity contribution is 0.552. The number of hydrogen-bond donors (Lipinski definition) is 0. The summed E-state index contributed by atoms with van der Waals surface area (Å²) in [6.45, 7) is 0. The quantitative estimate of drug-likeness (QED) is 0.792. The van der Waals surface area contributed by atoms with E-state index in [-0.39, 0.29) is 0 Å². The molecule has 1 aliphatic heterocycles. The number of aromatic nitrogens is 3. The smallest absolute Gasteiger partial charge is 0.217 e. The molecule has 15 heavy (non-hydrogen) atoms. The predicted octanol–water partition coefficient (Wildman–Crippen LogP) is 2.58. The van der Waals surface area contributed by atoms with Crippen molar-refractivity contribution in [1.82, 2.24) is 14.8 Å². The fourth-order valence-electron chi connectivity index (χ4n) is 2.12. The van der Waals surface area contributed by atoms with Gasteiger partial charge >= 0.3 is 0 Å². The number of rotatable bonds is 1. The molecule has 2 aromatic rings. The van der Waals surface area contributed by atoms with Gasteiger partial charge in [-0.3, -0.25) is 0 Å². The Morgan fingerprint density at radius 1 is 1.27 bits per heavy atom. The van der Waals surface area contributed by atoms with Crippen molar-refractivity contribution in [3.8, 4) is 0 Å². The summed E-state index contributed by atoms with van der Waals surface area (Å²) in [7, 11) is 0. The molecule has 0 bridgehead atoms. The Morgan fingerprint density at radius 2 is 2.07 bits per heavy atom. The van der Waals surface area contributed by atoms with Crippen molar-refractivity contribution < 1.29 is 0 Å². The monoisotopic (exact) mass is 263 g/mol. The van der Waals surface area contributed by atoms with Crippen LogP contribution in [-0.4, -0.2) is 14.8 Å². The zero-order valence-corrected chi connectivity index (χ0v) is 9.68. The van der Waals surface area contributed by atoms with E-state index in [4.69, 9.17) is 0 Å². The third kappa shape index (κ3) is 1.49. The van der Waals surface area contributed by atoms with Gasteiger partial charge in [-0.1, -0.05) is 30.3 Å². The van der Waals surface area contributed by atoms with Gasteiger partial charge in [-0.2, -0.15) is 0 Å². The molecular formula is C11H10BrN3. The van der Waals surface area contributed by atoms with Crippen LogP contribution in [-0.2, 0) is 6.42 Å². The van der Waals surface area contributed by atoms with Crippen molar-refractivity contribution in [3.05, 3.63) is 46.5 Å². The normalized spacial score (nSPS) is 19.1. The molecule has 1 atom stereocenters. The molecule has 1 aromatic heterocycles. The average molecular weight is 264 g/mol. The summed E-state index contributed by atoms with van der Waals surface area (Å²) in [6, 6.07) is 10.8. The van der Waals surface area contributed by atoms with Crippen LogP contribution in [0.15, 0.2) is 35.1 Å². The van der Waals surface area contributed by atoms with E-state index in [1.54, 1.807) is 0 Å². The lowest BCUT2D eigenvalue weighted by Crippen LogP contribution is -2.06. The van der Waals surface area contributed by atoms with Crippen LogP contribution in [0, 0.1) is 0 Å². The van der Waals surface area contributed by atoms with Gasteiger partial charge in [-0.25, -0.2) is 9.67 Å². The topological polar surface area (TPSA) is 30.7 Å². The summed E-state index contributed by atoms with van der Waals surface area (Å²) in [4.78, 5) is 4.34. The van der Waals surface area contributed by atoms with E-state index in [9.17, 15) is 0 Å².